The standard InChI is InChI=1S/C7H5Br2N3/c1-2-3-12-7(9)5(4-10)6(8)11-12/h2H,1,3H2. The van der Waals surface area contributed by atoms with Gasteiger partial charge in [0.15, 0.2) is 0 Å². The number of halogens is 2. The molecule has 0 aliphatic rings. The second-order valence-corrected chi connectivity index (χ2v) is 3.54. The minimum Gasteiger partial charge on any atom is -0.252 e. The van der Waals surface area contributed by atoms with Crippen molar-refractivity contribution in [1.29, 1.82) is 5.26 Å². The van der Waals surface area contributed by atoms with Crippen LogP contribution in [0.1, 0.15) is 5.56 Å². The van der Waals surface area contributed by atoms with E-state index in [1.165, 1.54) is 0 Å². The average molecular weight is 291 g/mol. The van der Waals surface area contributed by atoms with E-state index in [-0.39, 0.29) is 0 Å². The van der Waals surface area contributed by atoms with Crippen molar-refractivity contribution >= 4 is 31.9 Å². The van der Waals surface area contributed by atoms with Crippen LogP contribution in [0, 0.1) is 11.3 Å². The second kappa shape index (κ2) is 3.87. The summed E-state index contributed by atoms with van der Waals surface area (Å²) in [6, 6.07) is 2.03. The summed E-state index contributed by atoms with van der Waals surface area (Å²) in [5, 5.41) is 12.8. The first-order chi connectivity index (χ1) is 5.70. The number of nitrogens with zero attached hydrogens (tertiary/aromatic N) is 3. The van der Waals surface area contributed by atoms with Crippen LogP contribution >= 0.6 is 31.9 Å². The molecule has 12 heavy (non-hydrogen) atoms. The largest absolute Gasteiger partial charge is 0.252 e. The van der Waals surface area contributed by atoms with E-state index < -0.39 is 0 Å². The molecule has 3 nitrogen and oxygen atoms in total. The first kappa shape index (κ1) is 9.49. The molecule has 0 N–H and O–H groups in total. The SMILES string of the molecule is C=CCn1nc(Br)c(C#N)c1Br. The lowest BCUT2D eigenvalue weighted by molar-refractivity contribution is 0.682. The molecule has 1 heterocycles. The van der Waals surface area contributed by atoms with Crippen LogP contribution in [0.2, 0.25) is 0 Å². The summed E-state index contributed by atoms with van der Waals surface area (Å²) in [6.45, 7) is 4.17. The van der Waals surface area contributed by atoms with E-state index in [0.717, 1.165) is 0 Å². The highest BCUT2D eigenvalue weighted by Gasteiger charge is 2.11. The number of nitriles is 1. The first-order valence-corrected chi connectivity index (χ1v) is 4.72. The van der Waals surface area contributed by atoms with Crippen LogP contribution in [0.15, 0.2) is 21.9 Å². The van der Waals surface area contributed by atoms with Crippen molar-refractivity contribution < 1.29 is 0 Å². The Balaban J connectivity index is 3.19. The van der Waals surface area contributed by atoms with Crippen LogP contribution in [-0.4, -0.2) is 9.78 Å². The van der Waals surface area contributed by atoms with E-state index in [0.29, 0.717) is 21.3 Å². The molecular weight excluding hydrogens is 286 g/mol. The predicted octanol–water partition coefficient (Wildman–Crippen LogP) is 2.47. The van der Waals surface area contributed by atoms with Gasteiger partial charge in [-0.3, -0.25) is 4.68 Å². The van der Waals surface area contributed by atoms with Gasteiger partial charge in [0.1, 0.15) is 20.8 Å². The molecule has 0 aliphatic carbocycles. The number of hydrogen-bond acceptors (Lipinski definition) is 2. The van der Waals surface area contributed by atoms with Gasteiger partial charge in [-0.05, 0) is 31.9 Å². The van der Waals surface area contributed by atoms with Crippen molar-refractivity contribution in [2.75, 3.05) is 0 Å². The van der Waals surface area contributed by atoms with Crippen LogP contribution in [-0.2, 0) is 6.54 Å². The molecule has 1 rings (SSSR count). The summed E-state index contributed by atoms with van der Waals surface area (Å²) in [6.07, 6.45) is 1.71. The molecule has 1 aromatic heterocycles. The summed E-state index contributed by atoms with van der Waals surface area (Å²) in [5.74, 6) is 0. The topological polar surface area (TPSA) is 41.6 Å². The lowest BCUT2D eigenvalue weighted by Crippen LogP contribution is -1.96. The maximum absolute atomic E-state index is 8.69. The van der Waals surface area contributed by atoms with Crippen molar-refractivity contribution in [3.8, 4) is 6.07 Å². The van der Waals surface area contributed by atoms with Gasteiger partial charge in [0.05, 0.1) is 6.54 Å². The molecule has 1 aromatic rings. The fourth-order valence-corrected chi connectivity index (χ4v) is 1.98. The van der Waals surface area contributed by atoms with Gasteiger partial charge >= 0.3 is 0 Å². The smallest absolute Gasteiger partial charge is 0.147 e. The van der Waals surface area contributed by atoms with E-state index in [9.17, 15) is 0 Å². The Morgan fingerprint density at radius 2 is 2.33 bits per heavy atom. The van der Waals surface area contributed by atoms with E-state index in [4.69, 9.17) is 5.26 Å². The fourth-order valence-electron chi connectivity index (χ4n) is 0.750. The summed E-state index contributed by atoms with van der Waals surface area (Å²) in [5.41, 5.74) is 0.511. The summed E-state index contributed by atoms with van der Waals surface area (Å²) in [4.78, 5) is 0. The Morgan fingerprint density at radius 1 is 1.67 bits per heavy atom. The first-order valence-electron chi connectivity index (χ1n) is 3.13. The van der Waals surface area contributed by atoms with Gasteiger partial charge in [0.25, 0.3) is 0 Å². The van der Waals surface area contributed by atoms with Gasteiger partial charge in [-0.25, -0.2) is 0 Å². The Hall–Kier alpha value is -0.600. The maximum atomic E-state index is 8.69. The zero-order chi connectivity index (χ0) is 9.14. The van der Waals surface area contributed by atoms with Gasteiger partial charge < -0.3 is 0 Å². The minimum absolute atomic E-state index is 0.511. The Kier molecular flexibility index (Phi) is 3.06. The normalized spacial score (nSPS) is 9.42. The van der Waals surface area contributed by atoms with Gasteiger partial charge in [-0.15, -0.1) is 6.58 Å². The van der Waals surface area contributed by atoms with Crippen molar-refractivity contribution in [2.24, 2.45) is 0 Å². The molecule has 0 radical (unpaired) electrons. The van der Waals surface area contributed by atoms with Gasteiger partial charge in [-0.2, -0.15) is 10.4 Å². The molecule has 0 amide bonds. The number of hydrogen-bond donors (Lipinski definition) is 0. The minimum atomic E-state index is 0.511. The van der Waals surface area contributed by atoms with Crippen molar-refractivity contribution in [1.82, 2.24) is 9.78 Å². The highest BCUT2D eigenvalue weighted by atomic mass is 79.9. The molecule has 0 fully saturated rings. The second-order valence-electron chi connectivity index (χ2n) is 2.04. The van der Waals surface area contributed by atoms with Gasteiger partial charge in [0, 0.05) is 0 Å². The average Bonchev–Trinajstić information content (AvgIpc) is 2.29. The third kappa shape index (κ3) is 1.59. The quantitative estimate of drug-likeness (QED) is 0.785. The number of rotatable bonds is 2. The summed E-state index contributed by atoms with van der Waals surface area (Å²) >= 11 is 6.44. The molecule has 0 saturated carbocycles. The number of aromatic nitrogens is 2. The lowest BCUT2D eigenvalue weighted by atomic mass is 10.4. The van der Waals surface area contributed by atoms with Gasteiger partial charge in [-0.1, -0.05) is 6.08 Å². The third-order valence-electron chi connectivity index (χ3n) is 1.26. The summed E-state index contributed by atoms with van der Waals surface area (Å²) in [7, 11) is 0. The molecule has 0 aliphatic heterocycles. The van der Waals surface area contributed by atoms with E-state index in [1.54, 1.807) is 10.8 Å². The zero-order valence-corrected chi connectivity index (χ0v) is 9.26. The zero-order valence-electron chi connectivity index (χ0n) is 6.09. The predicted molar refractivity (Wildman–Crippen MR) is 52.5 cm³/mol. The third-order valence-corrected chi connectivity index (χ3v) is 2.62. The Labute approximate surface area is 86.9 Å². The molecule has 62 valence electrons. The van der Waals surface area contributed by atoms with Gasteiger partial charge in [0.2, 0.25) is 0 Å². The summed E-state index contributed by atoms with van der Waals surface area (Å²) < 4.78 is 2.88. The molecule has 0 spiro atoms. The molecule has 0 saturated heterocycles. The van der Waals surface area contributed by atoms with Crippen LogP contribution in [0.3, 0.4) is 0 Å². The van der Waals surface area contributed by atoms with E-state index in [1.807, 2.05) is 6.07 Å². The molecule has 5 heteroatoms. The van der Waals surface area contributed by atoms with Crippen LogP contribution in [0.25, 0.3) is 0 Å². The lowest BCUT2D eigenvalue weighted by Gasteiger charge is -1.95. The van der Waals surface area contributed by atoms with E-state index in [2.05, 4.69) is 43.5 Å². The fraction of sp³-hybridized carbons (Fsp3) is 0.143. The monoisotopic (exact) mass is 289 g/mol. The highest BCUT2D eigenvalue weighted by molar-refractivity contribution is 9.11. The molecular formula is C7H5Br2N3. The molecule has 0 bridgehead atoms. The molecule has 0 aromatic carbocycles. The van der Waals surface area contributed by atoms with E-state index >= 15 is 0 Å². The van der Waals surface area contributed by atoms with Crippen molar-refractivity contribution in [3.05, 3.63) is 27.4 Å². The van der Waals surface area contributed by atoms with Crippen LogP contribution < -0.4 is 0 Å². The molecule has 0 unspecified atom stereocenters. The number of allylic oxidation sites excluding steroid dienone is 1. The van der Waals surface area contributed by atoms with Crippen molar-refractivity contribution in [3.63, 3.8) is 0 Å². The highest BCUT2D eigenvalue weighted by Crippen LogP contribution is 2.23. The molecule has 0 atom stereocenters. The van der Waals surface area contributed by atoms with Crippen LogP contribution in [0.5, 0.6) is 0 Å². The van der Waals surface area contributed by atoms with Crippen molar-refractivity contribution in [2.45, 2.75) is 6.54 Å². The Morgan fingerprint density at radius 3 is 2.75 bits per heavy atom. The Bertz CT molecular complexity index is 348. The van der Waals surface area contributed by atoms with Crippen LogP contribution in [0.4, 0.5) is 0 Å². The maximum Gasteiger partial charge on any atom is 0.147 e.